The predicted molar refractivity (Wildman–Crippen MR) is 76.7 cm³/mol. The Morgan fingerprint density at radius 2 is 1.81 bits per heavy atom. The molecule has 0 aliphatic rings. The molecule has 0 aliphatic heterocycles. The summed E-state index contributed by atoms with van der Waals surface area (Å²) >= 11 is 0. The van der Waals surface area contributed by atoms with Crippen molar-refractivity contribution in [3.8, 4) is 5.75 Å². The van der Waals surface area contributed by atoms with Crippen molar-refractivity contribution in [2.45, 2.75) is 4.90 Å². The molecule has 0 spiro atoms. The molecule has 0 unspecified atom stereocenters. The monoisotopic (exact) mass is 308 g/mol. The first-order valence-electron chi connectivity index (χ1n) is 5.75. The van der Waals surface area contributed by atoms with E-state index < -0.39 is 16.0 Å². The van der Waals surface area contributed by atoms with Gasteiger partial charge in [0.1, 0.15) is 5.75 Å². The standard InChI is InChI=1S/C13H12N2O5S/c14-10-7-8(5-6-12(10)16)21(19,20)15-11-4-2-1-3-9(11)13(17)18/h1-7,15-16H,14H2,(H,17,18). The Labute approximate surface area is 120 Å². The number of phenols is 1. The molecule has 0 saturated carbocycles. The van der Waals surface area contributed by atoms with E-state index in [1.807, 2.05) is 0 Å². The summed E-state index contributed by atoms with van der Waals surface area (Å²) in [6.07, 6.45) is 0. The van der Waals surface area contributed by atoms with Gasteiger partial charge in [-0.3, -0.25) is 4.72 Å². The van der Waals surface area contributed by atoms with Crippen LogP contribution in [0.5, 0.6) is 5.75 Å². The largest absolute Gasteiger partial charge is 0.506 e. The normalized spacial score (nSPS) is 11.0. The van der Waals surface area contributed by atoms with Gasteiger partial charge in [-0.2, -0.15) is 0 Å². The summed E-state index contributed by atoms with van der Waals surface area (Å²) in [7, 11) is -4.01. The number of hydrogen-bond donors (Lipinski definition) is 4. The van der Waals surface area contributed by atoms with E-state index >= 15 is 0 Å². The minimum absolute atomic E-state index is 0.0587. The van der Waals surface area contributed by atoms with Crippen LogP contribution in [0.25, 0.3) is 0 Å². The number of aromatic hydroxyl groups is 1. The number of nitrogens with one attached hydrogen (secondary N) is 1. The van der Waals surface area contributed by atoms with Crippen LogP contribution in [0, 0.1) is 0 Å². The number of benzene rings is 2. The Balaban J connectivity index is 2.42. The van der Waals surface area contributed by atoms with Gasteiger partial charge in [-0.05, 0) is 30.3 Å². The third kappa shape index (κ3) is 3.06. The van der Waals surface area contributed by atoms with E-state index in [-0.39, 0.29) is 27.6 Å². The Morgan fingerprint density at radius 1 is 1.14 bits per heavy atom. The number of sulfonamides is 1. The Kier molecular flexibility index (Phi) is 3.72. The molecular weight excluding hydrogens is 296 g/mol. The van der Waals surface area contributed by atoms with Crippen LogP contribution in [-0.4, -0.2) is 24.6 Å². The van der Waals surface area contributed by atoms with Crippen molar-refractivity contribution in [1.29, 1.82) is 0 Å². The van der Waals surface area contributed by atoms with E-state index in [1.165, 1.54) is 24.3 Å². The van der Waals surface area contributed by atoms with Crippen LogP contribution in [0.15, 0.2) is 47.4 Å². The van der Waals surface area contributed by atoms with Crippen molar-refractivity contribution in [2.75, 3.05) is 10.5 Å². The maximum absolute atomic E-state index is 12.2. The molecule has 2 rings (SSSR count). The number of nitrogens with two attached hydrogens (primary N) is 1. The van der Waals surface area contributed by atoms with Crippen LogP contribution in [0.2, 0.25) is 0 Å². The lowest BCUT2D eigenvalue weighted by Crippen LogP contribution is -2.15. The van der Waals surface area contributed by atoms with Crippen LogP contribution in [0.4, 0.5) is 11.4 Å². The molecule has 8 heteroatoms. The molecule has 0 fully saturated rings. The molecule has 2 aromatic carbocycles. The van der Waals surface area contributed by atoms with Gasteiger partial charge in [0.25, 0.3) is 10.0 Å². The molecule has 0 heterocycles. The Hall–Kier alpha value is -2.74. The molecule has 0 saturated heterocycles. The van der Waals surface area contributed by atoms with Gasteiger partial charge in [-0.25, -0.2) is 13.2 Å². The first kappa shape index (κ1) is 14.7. The number of para-hydroxylation sites is 1. The SMILES string of the molecule is Nc1cc(S(=O)(=O)Nc2ccccc2C(=O)O)ccc1O. The van der Waals surface area contributed by atoms with Crippen molar-refractivity contribution in [1.82, 2.24) is 0 Å². The fourth-order valence-electron chi connectivity index (χ4n) is 1.66. The van der Waals surface area contributed by atoms with Gasteiger partial charge < -0.3 is 15.9 Å². The molecule has 0 aromatic heterocycles. The number of aromatic carboxylic acids is 1. The summed E-state index contributed by atoms with van der Waals surface area (Å²) in [5.41, 5.74) is 5.13. The fraction of sp³-hybridized carbons (Fsp3) is 0. The summed E-state index contributed by atoms with van der Waals surface area (Å²) in [4.78, 5) is 10.9. The molecule has 0 radical (unpaired) electrons. The van der Waals surface area contributed by atoms with Crippen molar-refractivity contribution in [3.63, 3.8) is 0 Å². The van der Waals surface area contributed by atoms with Crippen molar-refractivity contribution >= 4 is 27.4 Å². The Bertz CT molecular complexity index is 802. The predicted octanol–water partition coefficient (Wildman–Crippen LogP) is 1.47. The lowest BCUT2D eigenvalue weighted by atomic mass is 10.2. The minimum Gasteiger partial charge on any atom is -0.506 e. The number of carbonyl (C=O) groups is 1. The molecule has 2 aromatic rings. The third-order valence-electron chi connectivity index (χ3n) is 2.71. The number of carboxylic acid groups (broad SMARTS) is 1. The summed E-state index contributed by atoms with van der Waals surface area (Å²) < 4.78 is 26.6. The highest BCUT2D eigenvalue weighted by Crippen LogP contribution is 2.25. The van der Waals surface area contributed by atoms with Crippen LogP contribution in [-0.2, 0) is 10.0 Å². The number of anilines is 2. The number of rotatable bonds is 4. The molecule has 110 valence electrons. The maximum Gasteiger partial charge on any atom is 0.337 e. The van der Waals surface area contributed by atoms with Gasteiger partial charge in [-0.15, -0.1) is 0 Å². The zero-order valence-corrected chi connectivity index (χ0v) is 11.5. The summed E-state index contributed by atoms with van der Waals surface area (Å²) in [5, 5.41) is 18.3. The number of nitrogen functional groups attached to an aromatic ring is 1. The first-order valence-corrected chi connectivity index (χ1v) is 7.23. The highest BCUT2D eigenvalue weighted by atomic mass is 32.2. The molecule has 0 atom stereocenters. The summed E-state index contributed by atoms with van der Waals surface area (Å²) in [5.74, 6) is -1.49. The number of hydrogen-bond acceptors (Lipinski definition) is 5. The zero-order chi connectivity index (χ0) is 15.6. The van der Waals surface area contributed by atoms with E-state index in [9.17, 15) is 18.3 Å². The van der Waals surface area contributed by atoms with E-state index in [0.717, 1.165) is 18.2 Å². The fourth-order valence-corrected chi connectivity index (χ4v) is 2.78. The second-order valence-electron chi connectivity index (χ2n) is 4.18. The van der Waals surface area contributed by atoms with Gasteiger partial charge in [0.05, 0.1) is 21.8 Å². The van der Waals surface area contributed by atoms with Crippen molar-refractivity contribution < 1.29 is 23.4 Å². The molecular formula is C13H12N2O5S. The van der Waals surface area contributed by atoms with Crippen LogP contribution < -0.4 is 10.5 Å². The molecule has 7 nitrogen and oxygen atoms in total. The zero-order valence-electron chi connectivity index (χ0n) is 10.6. The molecule has 0 amide bonds. The van der Waals surface area contributed by atoms with Gasteiger partial charge >= 0.3 is 5.97 Å². The average Bonchev–Trinajstić information content (AvgIpc) is 2.41. The lowest BCUT2D eigenvalue weighted by molar-refractivity contribution is 0.0698. The van der Waals surface area contributed by atoms with Crippen LogP contribution in [0.3, 0.4) is 0 Å². The van der Waals surface area contributed by atoms with Gasteiger partial charge in [0.2, 0.25) is 0 Å². The van der Waals surface area contributed by atoms with E-state index in [0.29, 0.717) is 0 Å². The quantitative estimate of drug-likeness (QED) is 0.500. The third-order valence-corrected chi connectivity index (χ3v) is 4.07. The highest BCUT2D eigenvalue weighted by Gasteiger charge is 2.19. The van der Waals surface area contributed by atoms with Crippen molar-refractivity contribution in [3.05, 3.63) is 48.0 Å². The highest BCUT2D eigenvalue weighted by molar-refractivity contribution is 7.92. The lowest BCUT2D eigenvalue weighted by Gasteiger charge is -2.11. The van der Waals surface area contributed by atoms with E-state index in [4.69, 9.17) is 10.8 Å². The smallest absolute Gasteiger partial charge is 0.337 e. The maximum atomic E-state index is 12.2. The Morgan fingerprint density at radius 3 is 2.43 bits per heavy atom. The second-order valence-corrected chi connectivity index (χ2v) is 5.86. The molecule has 5 N–H and O–H groups in total. The summed E-state index contributed by atoms with van der Waals surface area (Å²) in [6.45, 7) is 0. The van der Waals surface area contributed by atoms with Gasteiger partial charge in [-0.1, -0.05) is 12.1 Å². The number of phenolic OH excluding ortho intramolecular Hbond substituents is 1. The minimum atomic E-state index is -4.01. The topological polar surface area (TPSA) is 130 Å². The second kappa shape index (κ2) is 5.33. The summed E-state index contributed by atoms with van der Waals surface area (Å²) in [6, 6.07) is 9.01. The van der Waals surface area contributed by atoms with Crippen LogP contribution in [0.1, 0.15) is 10.4 Å². The average molecular weight is 308 g/mol. The number of carboxylic acids is 1. The molecule has 21 heavy (non-hydrogen) atoms. The van der Waals surface area contributed by atoms with Gasteiger partial charge in [0, 0.05) is 0 Å². The van der Waals surface area contributed by atoms with E-state index in [1.54, 1.807) is 0 Å². The van der Waals surface area contributed by atoms with Crippen molar-refractivity contribution in [2.24, 2.45) is 0 Å². The molecule has 0 bridgehead atoms. The van der Waals surface area contributed by atoms with E-state index in [2.05, 4.69) is 4.72 Å². The van der Waals surface area contributed by atoms with Gasteiger partial charge in [0.15, 0.2) is 0 Å². The first-order chi connectivity index (χ1) is 9.81. The van der Waals surface area contributed by atoms with Crippen LogP contribution >= 0.6 is 0 Å². The molecule has 0 aliphatic carbocycles.